The van der Waals surface area contributed by atoms with Crippen molar-refractivity contribution in [2.24, 2.45) is 0 Å². The van der Waals surface area contributed by atoms with Crippen molar-refractivity contribution >= 4 is 21.4 Å². The van der Waals surface area contributed by atoms with Crippen LogP contribution in [0.3, 0.4) is 0 Å². The minimum absolute atomic E-state index is 0.0921. The summed E-state index contributed by atoms with van der Waals surface area (Å²) in [5.74, 6) is -0.786. The molecule has 2 heterocycles. The number of halogens is 3. The summed E-state index contributed by atoms with van der Waals surface area (Å²) < 4.78 is 71.4. The number of para-hydroxylation sites is 1. The van der Waals surface area contributed by atoms with Crippen LogP contribution < -0.4 is 9.46 Å². The van der Waals surface area contributed by atoms with Gasteiger partial charge in [0, 0.05) is 17.1 Å². The molecule has 1 atom stereocenters. The van der Waals surface area contributed by atoms with Gasteiger partial charge < -0.3 is 4.74 Å². The number of alkyl halides is 3. The van der Waals surface area contributed by atoms with Crippen molar-refractivity contribution in [1.29, 1.82) is 0 Å². The van der Waals surface area contributed by atoms with E-state index >= 15 is 0 Å². The Bertz CT molecular complexity index is 1080. The van der Waals surface area contributed by atoms with E-state index in [-0.39, 0.29) is 6.54 Å². The third kappa shape index (κ3) is 5.17. The van der Waals surface area contributed by atoms with Crippen LogP contribution in [0.25, 0.3) is 0 Å². The van der Waals surface area contributed by atoms with E-state index in [1.807, 2.05) is 37.4 Å². The Morgan fingerprint density at radius 1 is 1.21 bits per heavy atom. The van der Waals surface area contributed by atoms with Crippen LogP contribution in [0, 0.1) is 13.8 Å². The lowest BCUT2D eigenvalue weighted by Gasteiger charge is -2.20. The van der Waals surface area contributed by atoms with Crippen molar-refractivity contribution in [1.82, 2.24) is 14.5 Å². The van der Waals surface area contributed by atoms with E-state index in [1.165, 1.54) is 23.5 Å². The second-order valence-electron chi connectivity index (χ2n) is 6.25. The Morgan fingerprint density at radius 2 is 1.93 bits per heavy atom. The highest BCUT2D eigenvalue weighted by atomic mass is 32.2. The summed E-state index contributed by atoms with van der Waals surface area (Å²) in [6.45, 7) is 3.58. The molecule has 3 rings (SSSR count). The number of hydrogen-bond donors (Lipinski definition) is 1. The van der Waals surface area contributed by atoms with Crippen molar-refractivity contribution in [3.05, 3.63) is 64.1 Å². The van der Waals surface area contributed by atoms with Gasteiger partial charge in [0.15, 0.2) is 0 Å². The van der Waals surface area contributed by atoms with Gasteiger partial charge in [-0.15, -0.1) is 24.5 Å². The molecule has 0 amide bonds. The average molecular weight is 445 g/mol. The number of sulfonamides is 1. The van der Waals surface area contributed by atoms with Gasteiger partial charge in [0.05, 0.1) is 11.7 Å². The largest absolute Gasteiger partial charge is 0.573 e. The number of nitrogens with one attached hydrogen (secondary N) is 1. The molecular formula is C18H18F3N3O3S2. The number of thiophene rings is 1. The number of benzene rings is 1. The van der Waals surface area contributed by atoms with Crippen LogP contribution >= 0.6 is 11.3 Å². The fourth-order valence-electron chi connectivity index (χ4n) is 2.90. The fourth-order valence-corrected chi connectivity index (χ4v) is 4.87. The lowest BCUT2D eigenvalue weighted by atomic mass is 10.2. The maximum atomic E-state index is 12.7. The Balaban J connectivity index is 1.89. The van der Waals surface area contributed by atoms with Gasteiger partial charge in [0.1, 0.15) is 10.6 Å². The molecule has 2 aromatic heterocycles. The van der Waals surface area contributed by atoms with E-state index < -0.39 is 33.1 Å². The molecule has 0 saturated carbocycles. The van der Waals surface area contributed by atoms with Crippen molar-refractivity contribution in [2.75, 3.05) is 6.54 Å². The number of rotatable bonds is 7. The summed E-state index contributed by atoms with van der Waals surface area (Å²) >= 11 is 1.43. The molecule has 6 nitrogen and oxygen atoms in total. The Hall–Kier alpha value is -2.37. The predicted octanol–water partition coefficient (Wildman–Crippen LogP) is 4.03. The maximum absolute atomic E-state index is 12.7. The van der Waals surface area contributed by atoms with Crippen LogP contribution in [0.1, 0.15) is 22.3 Å². The van der Waals surface area contributed by atoms with Crippen LogP contribution in [0.2, 0.25) is 0 Å². The predicted molar refractivity (Wildman–Crippen MR) is 102 cm³/mol. The SMILES string of the molecule is Cc1cc(C)n([C@H](CNS(=O)(=O)c2ccccc2OC(F)(F)F)c2cccs2)n1. The average Bonchev–Trinajstić information content (AvgIpc) is 3.24. The highest BCUT2D eigenvalue weighted by Gasteiger charge is 2.34. The first-order valence-corrected chi connectivity index (χ1v) is 10.8. The zero-order valence-corrected chi connectivity index (χ0v) is 17.1. The molecule has 11 heteroatoms. The highest BCUT2D eigenvalue weighted by Crippen LogP contribution is 2.30. The highest BCUT2D eigenvalue weighted by molar-refractivity contribution is 7.89. The summed E-state index contributed by atoms with van der Waals surface area (Å²) in [5, 5.41) is 6.28. The smallest absolute Gasteiger partial charge is 0.404 e. The monoisotopic (exact) mass is 445 g/mol. The first-order valence-electron chi connectivity index (χ1n) is 8.47. The van der Waals surface area contributed by atoms with Crippen LogP contribution in [-0.4, -0.2) is 31.1 Å². The lowest BCUT2D eigenvalue weighted by Crippen LogP contribution is -2.32. The molecule has 29 heavy (non-hydrogen) atoms. The second-order valence-corrected chi connectivity index (χ2v) is 8.96. The molecule has 3 aromatic rings. The van der Waals surface area contributed by atoms with Gasteiger partial charge in [-0.2, -0.15) is 5.10 Å². The number of aromatic nitrogens is 2. The first kappa shape index (κ1) is 21.3. The number of hydrogen-bond acceptors (Lipinski definition) is 5. The van der Waals surface area contributed by atoms with Gasteiger partial charge in [-0.3, -0.25) is 4.68 Å². The van der Waals surface area contributed by atoms with E-state index in [0.717, 1.165) is 28.4 Å². The quantitative estimate of drug-likeness (QED) is 0.596. The summed E-state index contributed by atoms with van der Waals surface area (Å²) in [7, 11) is -4.27. The van der Waals surface area contributed by atoms with E-state index in [4.69, 9.17) is 0 Å². The standard InChI is InChI=1S/C18H18F3N3O3S2/c1-12-10-13(2)24(23-12)14(16-7-5-9-28-16)11-22-29(25,26)17-8-4-3-6-15(17)27-18(19,20)21/h3-10,14,22H,11H2,1-2H3/t14-/m1/s1. The molecule has 0 fully saturated rings. The summed E-state index contributed by atoms with van der Waals surface area (Å²) in [6, 6.07) is 9.71. The topological polar surface area (TPSA) is 73.2 Å². The summed E-state index contributed by atoms with van der Waals surface area (Å²) in [4.78, 5) is 0.273. The number of aryl methyl sites for hydroxylation is 2. The molecule has 0 aliphatic carbocycles. The molecule has 156 valence electrons. The summed E-state index contributed by atoms with van der Waals surface area (Å²) in [5.41, 5.74) is 1.61. The van der Waals surface area contributed by atoms with E-state index in [9.17, 15) is 21.6 Å². The Morgan fingerprint density at radius 3 is 2.52 bits per heavy atom. The molecule has 0 aliphatic rings. The lowest BCUT2D eigenvalue weighted by molar-refractivity contribution is -0.275. The molecule has 0 spiro atoms. The molecular weight excluding hydrogens is 427 g/mol. The van der Waals surface area contributed by atoms with Crippen molar-refractivity contribution in [3.8, 4) is 5.75 Å². The van der Waals surface area contributed by atoms with E-state index in [2.05, 4.69) is 14.6 Å². The van der Waals surface area contributed by atoms with Crippen LogP contribution in [0.5, 0.6) is 5.75 Å². The molecule has 0 radical (unpaired) electrons. The van der Waals surface area contributed by atoms with Gasteiger partial charge in [-0.25, -0.2) is 13.1 Å². The molecule has 1 aromatic carbocycles. The van der Waals surface area contributed by atoms with Crippen molar-refractivity contribution in [3.63, 3.8) is 0 Å². The molecule has 0 aliphatic heterocycles. The van der Waals surface area contributed by atoms with Gasteiger partial charge in [-0.05, 0) is 43.5 Å². The maximum Gasteiger partial charge on any atom is 0.573 e. The third-order valence-electron chi connectivity index (χ3n) is 4.04. The fraction of sp³-hybridized carbons (Fsp3) is 0.278. The van der Waals surface area contributed by atoms with E-state index in [1.54, 1.807) is 4.68 Å². The molecule has 0 bridgehead atoms. The van der Waals surface area contributed by atoms with Crippen LogP contribution in [-0.2, 0) is 10.0 Å². The molecule has 0 saturated heterocycles. The van der Waals surface area contributed by atoms with Crippen molar-refractivity contribution in [2.45, 2.75) is 31.1 Å². The van der Waals surface area contributed by atoms with Gasteiger partial charge in [0.2, 0.25) is 10.0 Å². The molecule has 1 N–H and O–H groups in total. The van der Waals surface area contributed by atoms with E-state index in [0.29, 0.717) is 0 Å². The van der Waals surface area contributed by atoms with Gasteiger partial charge in [-0.1, -0.05) is 18.2 Å². The van der Waals surface area contributed by atoms with Crippen molar-refractivity contribution < 1.29 is 26.3 Å². The minimum atomic E-state index is -5.01. The van der Waals surface area contributed by atoms with Crippen LogP contribution in [0.4, 0.5) is 13.2 Å². The second kappa shape index (κ2) is 8.17. The molecule has 0 unspecified atom stereocenters. The Labute approximate surface area is 170 Å². The summed E-state index contributed by atoms with van der Waals surface area (Å²) in [6.07, 6.45) is -5.01. The van der Waals surface area contributed by atoms with Gasteiger partial charge in [0.25, 0.3) is 0 Å². The number of nitrogens with zero attached hydrogens (tertiary/aromatic N) is 2. The normalized spacial score (nSPS) is 13.4. The minimum Gasteiger partial charge on any atom is -0.404 e. The number of ether oxygens (including phenoxy) is 1. The zero-order valence-electron chi connectivity index (χ0n) is 15.5. The Kier molecular flexibility index (Phi) is 6.01. The first-order chi connectivity index (χ1) is 13.6. The van der Waals surface area contributed by atoms with Gasteiger partial charge >= 0.3 is 6.36 Å². The van der Waals surface area contributed by atoms with Crippen LogP contribution in [0.15, 0.2) is 52.7 Å². The third-order valence-corrected chi connectivity index (χ3v) is 6.48. The zero-order chi connectivity index (χ0) is 21.2.